The molecule has 110 valence electrons. The fraction of sp³-hybridized carbons (Fsp3) is 0.357. The third-order valence-electron chi connectivity index (χ3n) is 3.05. The molecule has 1 saturated heterocycles. The van der Waals surface area contributed by atoms with Crippen molar-refractivity contribution in [3.05, 3.63) is 29.8 Å². The van der Waals surface area contributed by atoms with Crippen LogP contribution in [0.3, 0.4) is 0 Å². The molecule has 0 bridgehead atoms. The summed E-state index contributed by atoms with van der Waals surface area (Å²) in [5.74, 6) is 0.641. The molecule has 0 spiro atoms. The van der Waals surface area contributed by atoms with Gasteiger partial charge in [-0.05, 0) is 24.3 Å². The van der Waals surface area contributed by atoms with Crippen LogP contribution in [0.2, 0.25) is 0 Å². The Kier molecular flexibility index (Phi) is 5.20. The van der Waals surface area contributed by atoms with E-state index in [4.69, 9.17) is 10.00 Å². The highest BCUT2D eigenvalue weighted by molar-refractivity contribution is 7.99. The van der Waals surface area contributed by atoms with Crippen LogP contribution in [0.1, 0.15) is 5.56 Å². The zero-order valence-corrected chi connectivity index (χ0v) is 12.4. The van der Waals surface area contributed by atoms with Crippen LogP contribution in [0.4, 0.5) is 5.69 Å². The Morgan fingerprint density at radius 1 is 1.48 bits per heavy atom. The lowest BCUT2D eigenvalue weighted by Gasteiger charge is -2.22. The lowest BCUT2D eigenvalue weighted by molar-refractivity contribution is -0.139. The minimum atomic E-state index is -0.492. The Hall–Kier alpha value is -2.04. The van der Waals surface area contributed by atoms with Gasteiger partial charge < -0.3 is 15.0 Å². The number of nitriles is 1. The lowest BCUT2D eigenvalue weighted by Crippen LogP contribution is -2.45. The maximum atomic E-state index is 12.3. The van der Waals surface area contributed by atoms with E-state index >= 15 is 0 Å². The van der Waals surface area contributed by atoms with Crippen molar-refractivity contribution >= 4 is 29.3 Å². The van der Waals surface area contributed by atoms with Gasteiger partial charge in [0.1, 0.15) is 12.6 Å². The average molecular weight is 305 g/mol. The Labute approximate surface area is 127 Å². The third-order valence-corrected chi connectivity index (χ3v) is 4.07. The normalized spacial score (nSPS) is 17.3. The number of carbonyl (C=O) groups is 2. The first-order chi connectivity index (χ1) is 10.2. The largest absolute Gasteiger partial charge is 0.375 e. The number of methoxy groups -OCH3 is 1. The molecule has 1 aliphatic rings. The summed E-state index contributed by atoms with van der Waals surface area (Å²) in [5, 5.41) is 11.5. The van der Waals surface area contributed by atoms with Gasteiger partial charge in [0, 0.05) is 18.6 Å². The predicted octanol–water partition coefficient (Wildman–Crippen LogP) is 1.04. The summed E-state index contributed by atoms with van der Waals surface area (Å²) >= 11 is 1.54. The van der Waals surface area contributed by atoms with Gasteiger partial charge in [0.05, 0.1) is 17.5 Å². The second kappa shape index (κ2) is 7.11. The Morgan fingerprint density at radius 2 is 2.19 bits per heavy atom. The van der Waals surface area contributed by atoms with Crippen LogP contribution >= 0.6 is 11.8 Å². The summed E-state index contributed by atoms with van der Waals surface area (Å²) in [6.45, 7) is -0.0266. The summed E-state index contributed by atoms with van der Waals surface area (Å²) in [7, 11) is 1.45. The number of amides is 2. The fourth-order valence-electron chi connectivity index (χ4n) is 1.97. The number of benzene rings is 1. The first kappa shape index (κ1) is 15.4. The number of rotatable bonds is 4. The van der Waals surface area contributed by atoms with Crippen LogP contribution in [0.5, 0.6) is 0 Å². The molecule has 0 saturated carbocycles. The Balaban J connectivity index is 2.01. The summed E-state index contributed by atoms with van der Waals surface area (Å²) in [4.78, 5) is 25.7. The third kappa shape index (κ3) is 3.74. The smallest absolute Gasteiger partial charge is 0.249 e. The fourth-order valence-corrected chi connectivity index (χ4v) is 3.15. The van der Waals surface area contributed by atoms with Crippen molar-refractivity contribution in [2.75, 3.05) is 30.7 Å². The van der Waals surface area contributed by atoms with Crippen LogP contribution in [-0.2, 0) is 14.3 Å². The van der Waals surface area contributed by atoms with Crippen LogP contribution < -0.4 is 5.32 Å². The minimum absolute atomic E-state index is 0.0266. The second-order valence-corrected chi connectivity index (χ2v) is 5.49. The van der Waals surface area contributed by atoms with Gasteiger partial charge in [-0.15, -0.1) is 11.8 Å². The molecule has 0 aromatic heterocycles. The molecule has 1 aromatic rings. The summed E-state index contributed by atoms with van der Waals surface area (Å²) in [6.07, 6.45) is 0. The van der Waals surface area contributed by atoms with E-state index in [-0.39, 0.29) is 18.4 Å². The van der Waals surface area contributed by atoms with E-state index in [2.05, 4.69) is 5.32 Å². The Morgan fingerprint density at radius 3 is 2.81 bits per heavy atom. The minimum Gasteiger partial charge on any atom is -0.375 e. The molecule has 7 heteroatoms. The molecule has 21 heavy (non-hydrogen) atoms. The number of hydrogen-bond donors (Lipinski definition) is 1. The van der Waals surface area contributed by atoms with Gasteiger partial charge in [-0.2, -0.15) is 5.26 Å². The molecule has 1 N–H and O–H groups in total. The molecular formula is C14H15N3O3S. The molecule has 2 rings (SSSR count). The topological polar surface area (TPSA) is 82.4 Å². The number of nitrogens with one attached hydrogen (secondary N) is 1. The van der Waals surface area contributed by atoms with Crippen LogP contribution in [-0.4, -0.2) is 48.1 Å². The molecule has 0 radical (unpaired) electrons. The van der Waals surface area contributed by atoms with Crippen molar-refractivity contribution < 1.29 is 14.3 Å². The molecule has 1 fully saturated rings. The van der Waals surface area contributed by atoms with Gasteiger partial charge in [-0.1, -0.05) is 0 Å². The molecule has 6 nitrogen and oxygen atoms in total. The average Bonchev–Trinajstić information content (AvgIpc) is 2.98. The molecule has 0 aliphatic carbocycles. The maximum Gasteiger partial charge on any atom is 0.249 e. The molecular weight excluding hydrogens is 290 g/mol. The molecule has 1 aromatic carbocycles. The summed E-state index contributed by atoms with van der Waals surface area (Å²) < 4.78 is 4.83. The van der Waals surface area contributed by atoms with Crippen molar-refractivity contribution in [3.8, 4) is 6.07 Å². The van der Waals surface area contributed by atoms with Gasteiger partial charge in [-0.3, -0.25) is 9.59 Å². The number of carbonyl (C=O) groups excluding carboxylic acids is 2. The van der Waals surface area contributed by atoms with E-state index in [1.54, 1.807) is 24.3 Å². The van der Waals surface area contributed by atoms with Gasteiger partial charge in [0.2, 0.25) is 11.8 Å². The van der Waals surface area contributed by atoms with Crippen LogP contribution in [0.15, 0.2) is 24.3 Å². The van der Waals surface area contributed by atoms with E-state index in [9.17, 15) is 9.59 Å². The number of thioether (sulfide) groups is 1. The zero-order valence-electron chi connectivity index (χ0n) is 11.5. The number of ether oxygens (including phenoxy) is 1. The van der Waals surface area contributed by atoms with Crippen molar-refractivity contribution in [2.45, 2.75) is 6.04 Å². The van der Waals surface area contributed by atoms with Gasteiger partial charge in [0.15, 0.2) is 0 Å². The van der Waals surface area contributed by atoms with E-state index in [0.29, 0.717) is 22.9 Å². The van der Waals surface area contributed by atoms with E-state index in [1.807, 2.05) is 6.07 Å². The van der Waals surface area contributed by atoms with E-state index < -0.39 is 6.04 Å². The molecule has 1 aliphatic heterocycles. The number of hydrogen-bond acceptors (Lipinski definition) is 5. The number of nitrogens with zero attached hydrogens (tertiary/aromatic N) is 2. The molecule has 1 atom stereocenters. The summed E-state index contributed by atoms with van der Waals surface area (Å²) in [5.41, 5.74) is 1.14. The second-order valence-electron chi connectivity index (χ2n) is 4.49. The standard InChI is InChI=1S/C14H15N3O3S/c1-20-7-13(18)17-9-21-8-12(17)14(19)16-11-4-2-10(6-15)3-5-11/h2-5,12H,7-9H2,1H3,(H,16,19). The lowest BCUT2D eigenvalue weighted by atomic mass is 10.2. The van der Waals surface area contributed by atoms with Crippen molar-refractivity contribution in [3.63, 3.8) is 0 Å². The van der Waals surface area contributed by atoms with Gasteiger partial charge in [-0.25, -0.2) is 0 Å². The first-order valence-electron chi connectivity index (χ1n) is 6.33. The van der Waals surface area contributed by atoms with Gasteiger partial charge in [0.25, 0.3) is 0 Å². The zero-order chi connectivity index (χ0) is 15.2. The van der Waals surface area contributed by atoms with Gasteiger partial charge >= 0.3 is 0 Å². The van der Waals surface area contributed by atoms with Crippen molar-refractivity contribution in [2.24, 2.45) is 0 Å². The highest BCUT2D eigenvalue weighted by atomic mass is 32.2. The first-order valence-corrected chi connectivity index (χ1v) is 7.48. The highest BCUT2D eigenvalue weighted by Crippen LogP contribution is 2.22. The van der Waals surface area contributed by atoms with Crippen LogP contribution in [0, 0.1) is 11.3 Å². The maximum absolute atomic E-state index is 12.3. The van der Waals surface area contributed by atoms with Crippen molar-refractivity contribution in [1.82, 2.24) is 4.90 Å². The molecule has 1 unspecified atom stereocenters. The van der Waals surface area contributed by atoms with Crippen molar-refractivity contribution in [1.29, 1.82) is 5.26 Å². The van der Waals surface area contributed by atoms with E-state index in [1.165, 1.54) is 23.8 Å². The number of anilines is 1. The molecule has 2 amide bonds. The highest BCUT2D eigenvalue weighted by Gasteiger charge is 2.34. The Bertz CT molecular complexity index is 568. The quantitative estimate of drug-likeness (QED) is 0.899. The SMILES string of the molecule is COCC(=O)N1CSCC1C(=O)Nc1ccc(C#N)cc1. The van der Waals surface area contributed by atoms with Crippen LogP contribution in [0.25, 0.3) is 0 Å². The summed E-state index contributed by atoms with van der Waals surface area (Å²) in [6, 6.07) is 8.12. The molecule has 1 heterocycles. The predicted molar refractivity (Wildman–Crippen MR) is 79.6 cm³/mol. The van der Waals surface area contributed by atoms with E-state index in [0.717, 1.165) is 0 Å². The monoisotopic (exact) mass is 305 g/mol.